The molecule has 20 heavy (non-hydrogen) atoms. The number of benzene rings is 2. The summed E-state index contributed by atoms with van der Waals surface area (Å²) < 4.78 is 5.22. The number of nitrogens with two attached hydrogens (primary N) is 1. The van der Waals surface area contributed by atoms with Crippen molar-refractivity contribution in [1.82, 2.24) is 0 Å². The molecule has 106 valence electrons. The third-order valence-electron chi connectivity index (χ3n) is 3.20. The zero-order valence-corrected chi connectivity index (χ0v) is 12.5. The summed E-state index contributed by atoms with van der Waals surface area (Å²) in [5, 5.41) is 3.34. The second kappa shape index (κ2) is 5.45. The first-order chi connectivity index (χ1) is 9.38. The Morgan fingerprint density at radius 2 is 1.60 bits per heavy atom. The second-order valence-electron chi connectivity index (χ2n) is 5.95. The van der Waals surface area contributed by atoms with Gasteiger partial charge in [-0.05, 0) is 29.2 Å². The van der Waals surface area contributed by atoms with Crippen LogP contribution in [0.5, 0.6) is 5.75 Å². The summed E-state index contributed by atoms with van der Waals surface area (Å²) >= 11 is 0. The van der Waals surface area contributed by atoms with E-state index >= 15 is 0 Å². The van der Waals surface area contributed by atoms with E-state index in [4.69, 9.17) is 10.5 Å². The van der Waals surface area contributed by atoms with Crippen molar-refractivity contribution >= 4 is 17.1 Å². The number of hydrogen-bond donors (Lipinski definition) is 2. The van der Waals surface area contributed by atoms with Crippen LogP contribution in [0, 0.1) is 0 Å². The molecule has 3 nitrogen and oxygen atoms in total. The van der Waals surface area contributed by atoms with Crippen LogP contribution in [0.4, 0.5) is 17.1 Å². The average Bonchev–Trinajstić information content (AvgIpc) is 2.37. The van der Waals surface area contributed by atoms with Crippen molar-refractivity contribution < 1.29 is 4.74 Å². The van der Waals surface area contributed by atoms with Crippen LogP contribution in [0.25, 0.3) is 0 Å². The van der Waals surface area contributed by atoms with Gasteiger partial charge in [0.05, 0.1) is 7.11 Å². The number of anilines is 3. The van der Waals surface area contributed by atoms with E-state index in [2.05, 4.69) is 50.4 Å². The van der Waals surface area contributed by atoms with Crippen molar-refractivity contribution in [1.29, 1.82) is 0 Å². The molecule has 0 aliphatic heterocycles. The van der Waals surface area contributed by atoms with Gasteiger partial charge in [0.25, 0.3) is 0 Å². The highest BCUT2D eigenvalue weighted by atomic mass is 16.5. The fraction of sp³-hybridized carbons (Fsp3) is 0.294. The summed E-state index contributed by atoms with van der Waals surface area (Å²) in [6.07, 6.45) is 0. The van der Waals surface area contributed by atoms with Crippen molar-refractivity contribution in [2.45, 2.75) is 26.2 Å². The maximum atomic E-state index is 5.85. The Bertz CT molecular complexity index is 583. The number of methoxy groups -OCH3 is 1. The molecular weight excluding hydrogens is 248 g/mol. The molecule has 0 unspecified atom stereocenters. The maximum Gasteiger partial charge on any atom is 0.122 e. The van der Waals surface area contributed by atoms with E-state index in [-0.39, 0.29) is 5.41 Å². The van der Waals surface area contributed by atoms with Gasteiger partial charge in [-0.2, -0.15) is 0 Å². The first-order valence-corrected chi connectivity index (χ1v) is 6.70. The maximum absolute atomic E-state index is 5.85. The van der Waals surface area contributed by atoms with Crippen molar-refractivity contribution in [2.24, 2.45) is 0 Å². The molecule has 3 heteroatoms. The summed E-state index contributed by atoms with van der Waals surface area (Å²) in [6, 6.07) is 14.1. The summed E-state index contributed by atoms with van der Waals surface area (Å²) in [6.45, 7) is 6.62. The topological polar surface area (TPSA) is 47.3 Å². The number of rotatable bonds is 3. The normalized spacial score (nSPS) is 11.2. The smallest absolute Gasteiger partial charge is 0.122 e. The third kappa shape index (κ3) is 3.44. The Kier molecular flexibility index (Phi) is 3.89. The van der Waals surface area contributed by atoms with Gasteiger partial charge in [0.1, 0.15) is 5.75 Å². The predicted octanol–water partition coefficient (Wildman–Crippen LogP) is 4.32. The van der Waals surface area contributed by atoms with Crippen LogP contribution < -0.4 is 15.8 Å². The van der Waals surface area contributed by atoms with E-state index in [9.17, 15) is 0 Å². The molecule has 0 bridgehead atoms. The summed E-state index contributed by atoms with van der Waals surface area (Å²) in [7, 11) is 1.64. The van der Waals surface area contributed by atoms with Gasteiger partial charge in [-0.25, -0.2) is 0 Å². The fourth-order valence-electron chi connectivity index (χ4n) is 2.03. The molecule has 0 atom stereocenters. The monoisotopic (exact) mass is 270 g/mol. The van der Waals surface area contributed by atoms with Crippen molar-refractivity contribution in [2.75, 3.05) is 18.2 Å². The van der Waals surface area contributed by atoms with Crippen molar-refractivity contribution in [3.8, 4) is 5.75 Å². The molecule has 0 saturated carbocycles. The lowest BCUT2D eigenvalue weighted by molar-refractivity contribution is 0.415. The minimum absolute atomic E-state index is 0.166. The Morgan fingerprint density at radius 3 is 2.15 bits per heavy atom. The molecule has 0 amide bonds. The SMILES string of the molecule is COc1cc(N)cc(Nc2ccc(C(C)(C)C)cc2)c1. The molecule has 0 radical (unpaired) electrons. The molecule has 0 heterocycles. The van der Waals surface area contributed by atoms with Gasteiger partial charge in [0.2, 0.25) is 0 Å². The molecule has 2 rings (SSSR count). The van der Waals surface area contributed by atoms with Gasteiger partial charge in [-0.15, -0.1) is 0 Å². The van der Waals surface area contributed by atoms with Crippen LogP contribution in [-0.2, 0) is 5.41 Å². The van der Waals surface area contributed by atoms with Crippen molar-refractivity contribution in [3.63, 3.8) is 0 Å². The van der Waals surface area contributed by atoms with Crippen LogP contribution in [0.1, 0.15) is 26.3 Å². The quantitative estimate of drug-likeness (QED) is 0.817. The highest BCUT2D eigenvalue weighted by Gasteiger charge is 2.12. The number of ether oxygens (including phenoxy) is 1. The highest BCUT2D eigenvalue weighted by Crippen LogP contribution is 2.27. The molecule has 3 N–H and O–H groups in total. The Labute approximate surface area is 120 Å². The minimum atomic E-state index is 0.166. The van der Waals surface area contributed by atoms with Crippen LogP contribution in [0.15, 0.2) is 42.5 Å². The van der Waals surface area contributed by atoms with Crippen LogP contribution in [-0.4, -0.2) is 7.11 Å². The third-order valence-corrected chi connectivity index (χ3v) is 3.20. The van der Waals surface area contributed by atoms with Crippen LogP contribution in [0.2, 0.25) is 0 Å². The molecule has 0 aromatic heterocycles. The van der Waals surface area contributed by atoms with E-state index < -0.39 is 0 Å². The standard InChI is InChI=1S/C17H22N2O/c1-17(2,3)12-5-7-14(8-6-12)19-15-9-13(18)10-16(11-15)20-4/h5-11,19H,18H2,1-4H3. The largest absolute Gasteiger partial charge is 0.497 e. The van der Waals surface area contributed by atoms with Crippen LogP contribution in [0.3, 0.4) is 0 Å². The minimum Gasteiger partial charge on any atom is -0.497 e. The van der Waals surface area contributed by atoms with Gasteiger partial charge in [-0.3, -0.25) is 0 Å². The average molecular weight is 270 g/mol. The molecular formula is C17H22N2O. The summed E-state index contributed by atoms with van der Waals surface area (Å²) in [5.74, 6) is 0.749. The summed E-state index contributed by atoms with van der Waals surface area (Å²) in [4.78, 5) is 0. The van der Waals surface area contributed by atoms with E-state index in [1.807, 2.05) is 12.1 Å². The molecule has 0 aliphatic carbocycles. The van der Waals surface area contributed by atoms with Gasteiger partial charge in [0, 0.05) is 29.2 Å². The van der Waals surface area contributed by atoms with Gasteiger partial charge < -0.3 is 15.8 Å². The molecule has 2 aromatic rings. The first kappa shape index (κ1) is 14.3. The lowest BCUT2D eigenvalue weighted by Crippen LogP contribution is -2.10. The Morgan fingerprint density at radius 1 is 0.950 bits per heavy atom. The van der Waals surface area contributed by atoms with E-state index in [1.54, 1.807) is 13.2 Å². The van der Waals surface area contributed by atoms with E-state index in [0.717, 1.165) is 17.1 Å². The summed E-state index contributed by atoms with van der Waals surface area (Å²) in [5.41, 5.74) is 9.96. The van der Waals surface area contributed by atoms with E-state index in [1.165, 1.54) is 5.56 Å². The van der Waals surface area contributed by atoms with Crippen LogP contribution >= 0.6 is 0 Å². The molecule has 2 aromatic carbocycles. The number of hydrogen-bond acceptors (Lipinski definition) is 3. The van der Waals surface area contributed by atoms with Gasteiger partial charge in [-0.1, -0.05) is 32.9 Å². The lowest BCUT2D eigenvalue weighted by Gasteiger charge is -2.19. The van der Waals surface area contributed by atoms with Gasteiger partial charge in [0.15, 0.2) is 0 Å². The number of nitrogens with one attached hydrogen (secondary N) is 1. The lowest BCUT2D eigenvalue weighted by atomic mass is 9.87. The second-order valence-corrected chi connectivity index (χ2v) is 5.95. The van der Waals surface area contributed by atoms with E-state index in [0.29, 0.717) is 5.69 Å². The molecule has 0 saturated heterocycles. The first-order valence-electron chi connectivity index (χ1n) is 6.70. The Balaban J connectivity index is 2.20. The van der Waals surface area contributed by atoms with Crippen molar-refractivity contribution in [3.05, 3.63) is 48.0 Å². The molecule has 0 aliphatic rings. The zero-order valence-electron chi connectivity index (χ0n) is 12.5. The van der Waals surface area contributed by atoms with Gasteiger partial charge >= 0.3 is 0 Å². The zero-order chi connectivity index (χ0) is 14.8. The fourth-order valence-corrected chi connectivity index (χ4v) is 2.03. The highest BCUT2D eigenvalue weighted by molar-refractivity contribution is 5.66. The number of nitrogen functional groups attached to an aromatic ring is 1. The molecule has 0 fully saturated rings. The molecule has 0 spiro atoms. The Hall–Kier alpha value is -2.16. The predicted molar refractivity (Wildman–Crippen MR) is 85.8 cm³/mol.